The van der Waals surface area contributed by atoms with Gasteiger partial charge >= 0.3 is 0 Å². The molecular weight excluding hydrogens is 202 g/mol. The summed E-state index contributed by atoms with van der Waals surface area (Å²) in [5, 5.41) is 3.41. The number of aryl methyl sites for hydroxylation is 2. The molecule has 0 aliphatic rings. The molecule has 0 saturated heterocycles. The van der Waals surface area contributed by atoms with Gasteiger partial charge in [-0.3, -0.25) is 0 Å². The molecular formula is C12H23N3O. The van der Waals surface area contributed by atoms with Crippen LogP contribution in [0.15, 0.2) is 6.20 Å². The molecule has 92 valence electrons. The van der Waals surface area contributed by atoms with E-state index < -0.39 is 0 Å². The molecule has 0 fully saturated rings. The van der Waals surface area contributed by atoms with Gasteiger partial charge in [-0.05, 0) is 34.1 Å². The highest BCUT2D eigenvalue weighted by Gasteiger charge is 2.13. The molecule has 1 heterocycles. The lowest BCUT2D eigenvalue weighted by atomic mass is 10.1. The normalized spacial score (nSPS) is 11.8. The van der Waals surface area contributed by atoms with Crippen LogP contribution in [0.2, 0.25) is 0 Å². The molecule has 0 unspecified atom stereocenters. The van der Waals surface area contributed by atoms with E-state index in [1.54, 1.807) is 7.11 Å². The maximum Gasteiger partial charge on any atom is 0.203 e. The first-order chi connectivity index (χ1) is 7.42. The van der Waals surface area contributed by atoms with Crippen molar-refractivity contribution in [2.24, 2.45) is 0 Å². The van der Waals surface area contributed by atoms with Crippen molar-refractivity contribution in [2.75, 3.05) is 19.0 Å². The Labute approximate surface area is 98.0 Å². The highest BCUT2D eigenvalue weighted by atomic mass is 16.5. The number of imidazole rings is 1. The predicted octanol–water partition coefficient (Wildman–Crippen LogP) is 2.44. The van der Waals surface area contributed by atoms with Crippen LogP contribution in [-0.2, 0) is 11.3 Å². The van der Waals surface area contributed by atoms with Crippen molar-refractivity contribution in [2.45, 2.75) is 46.2 Å². The summed E-state index contributed by atoms with van der Waals surface area (Å²) in [6.45, 7) is 10.1. The van der Waals surface area contributed by atoms with Crippen molar-refractivity contribution in [1.29, 1.82) is 0 Å². The molecule has 1 rings (SSSR count). The Morgan fingerprint density at radius 2 is 2.12 bits per heavy atom. The molecule has 0 saturated carbocycles. The standard InChI is InChI=1S/C12H23N3O/c1-10-9-15(7-6-8-16-5)11(13-10)14-12(2,3)4/h9H,6-8H2,1-5H3,(H,13,14). The minimum atomic E-state index is 0.0385. The van der Waals surface area contributed by atoms with Crippen LogP contribution in [0.3, 0.4) is 0 Å². The lowest BCUT2D eigenvalue weighted by molar-refractivity contribution is 0.190. The first kappa shape index (κ1) is 13.0. The second-order valence-electron chi connectivity index (χ2n) is 5.12. The average molecular weight is 225 g/mol. The number of nitrogens with zero attached hydrogens (tertiary/aromatic N) is 2. The molecule has 4 nitrogen and oxygen atoms in total. The predicted molar refractivity (Wildman–Crippen MR) is 66.8 cm³/mol. The van der Waals surface area contributed by atoms with E-state index in [1.807, 2.05) is 6.92 Å². The summed E-state index contributed by atoms with van der Waals surface area (Å²) in [4.78, 5) is 4.49. The van der Waals surface area contributed by atoms with Crippen LogP contribution < -0.4 is 5.32 Å². The van der Waals surface area contributed by atoms with Crippen molar-refractivity contribution in [3.05, 3.63) is 11.9 Å². The average Bonchev–Trinajstić information content (AvgIpc) is 2.44. The summed E-state index contributed by atoms with van der Waals surface area (Å²) >= 11 is 0. The van der Waals surface area contributed by atoms with Gasteiger partial charge in [0.1, 0.15) is 0 Å². The van der Waals surface area contributed by atoms with E-state index in [0.29, 0.717) is 0 Å². The Bertz CT molecular complexity index is 325. The third-order valence-electron chi connectivity index (χ3n) is 2.13. The minimum absolute atomic E-state index is 0.0385. The number of aromatic nitrogens is 2. The molecule has 0 aliphatic carbocycles. The van der Waals surface area contributed by atoms with Crippen LogP contribution in [0, 0.1) is 6.92 Å². The topological polar surface area (TPSA) is 39.1 Å². The number of ether oxygens (including phenoxy) is 1. The van der Waals surface area contributed by atoms with E-state index in [0.717, 1.165) is 31.2 Å². The lowest BCUT2D eigenvalue weighted by Crippen LogP contribution is -2.28. The Morgan fingerprint density at radius 1 is 1.44 bits per heavy atom. The molecule has 0 amide bonds. The molecule has 0 atom stereocenters. The van der Waals surface area contributed by atoms with Crippen LogP contribution >= 0.6 is 0 Å². The smallest absolute Gasteiger partial charge is 0.203 e. The summed E-state index contributed by atoms with van der Waals surface area (Å²) in [6.07, 6.45) is 3.08. The van der Waals surface area contributed by atoms with Crippen molar-refractivity contribution < 1.29 is 4.74 Å². The molecule has 0 aromatic carbocycles. The fourth-order valence-corrected chi connectivity index (χ4v) is 1.53. The molecule has 1 N–H and O–H groups in total. The molecule has 0 radical (unpaired) electrons. The third-order valence-corrected chi connectivity index (χ3v) is 2.13. The number of nitrogens with one attached hydrogen (secondary N) is 1. The van der Waals surface area contributed by atoms with E-state index in [4.69, 9.17) is 4.74 Å². The van der Waals surface area contributed by atoms with Crippen LogP contribution in [0.1, 0.15) is 32.9 Å². The first-order valence-corrected chi connectivity index (χ1v) is 5.73. The second-order valence-corrected chi connectivity index (χ2v) is 5.12. The lowest BCUT2D eigenvalue weighted by Gasteiger charge is -2.22. The fourth-order valence-electron chi connectivity index (χ4n) is 1.53. The van der Waals surface area contributed by atoms with Crippen LogP contribution in [0.5, 0.6) is 0 Å². The molecule has 0 aliphatic heterocycles. The van der Waals surface area contributed by atoms with Gasteiger partial charge < -0.3 is 14.6 Å². The summed E-state index contributed by atoms with van der Waals surface area (Å²) in [5.74, 6) is 0.945. The van der Waals surface area contributed by atoms with Gasteiger partial charge in [0.25, 0.3) is 0 Å². The van der Waals surface area contributed by atoms with Crippen LogP contribution in [0.25, 0.3) is 0 Å². The number of hydrogen-bond donors (Lipinski definition) is 1. The van der Waals surface area contributed by atoms with Gasteiger partial charge in [0.2, 0.25) is 5.95 Å². The molecule has 1 aromatic rings. The largest absolute Gasteiger partial charge is 0.385 e. The zero-order chi connectivity index (χ0) is 12.2. The summed E-state index contributed by atoms with van der Waals surface area (Å²) in [6, 6.07) is 0. The van der Waals surface area contributed by atoms with E-state index in [9.17, 15) is 0 Å². The van der Waals surface area contributed by atoms with E-state index >= 15 is 0 Å². The number of hydrogen-bond acceptors (Lipinski definition) is 3. The highest BCUT2D eigenvalue weighted by Crippen LogP contribution is 2.15. The Morgan fingerprint density at radius 3 is 2.69 bits per heavy atom. The fraction of sp³-hybridized carbons (Fsp3) is 0.750. The maximum absolute atomic E-state index is 5.06. The number of anilines is 1. The van der Waals surface area contributed by atoms with Crippen molar-refractivity contribution in [3.8, 4) is 0 Å². The van der Waals surface area contributed by atoms with Crippen LogP contribution in [0.4, 0.5) is 5.95 Å². The molecule has 0 spiro atoms. The van der Waals surface area contributed by atoms with Crippen molar-refractivity contribution in [1.82, 2.24) is 9.55 Å². The van der Waals surface area contributed by atoms with Gasteiger partial charge in [-0.2, -0.15) is 0 Å². The SMILES string of the molecule is COCCCn1cc(C)nc1NC(C)(C)C. The van der Waals surface area contributed by atoms with E-state index in [1.165, 1.54) is 0 Å². The van der Waals surface area contributed by atoms with E-state index in [-0.39, 0.29) is 5.54 Å². The van der Waals surface area contributed by atoms with Crippen molar-refractivity contribution >= 4 is 5.95 Å². The van der Waals surface area contributed by atoms with Gasteiger partial charge in [0, 0.05) is 32.0 Å². The molecule has 4 heteroatoms. The quantitative estimate of drug-likeness (QED) is 0.782. The molecule has 0 bridgehead atoms. The Balaban J connectivity index is 2.67. The Hall–Kier alpha value is -1.03. The van der Waals surface area contributed by atoms with Gasteiger partial charge in [0.05, 0.1) is 5.69 Å². The van der Waals surface area contributed by atoms with E-state index in [2.05, 4.69) is 41.8 Å². The number of methoxy groups -OCH3 is 1. The summed E-state index contributed by atoms with van der Waals surface area (Å²) in [5.41, 5.74) is 1.08. The van der Waals surface area contributed by atoms with Gasteiger partial charge in [-0.15, -0.1) is 0 Å². The summed E-state index contributed by atoms with van der Waals surface area (Å²) < 4.78 is 7.21. The minimum Gasteiger partial charge on any atom is -0.385 e. The zero-order valence-electron chi connectivity index (χ0n) is 11.0. The zero-order valence-corrected chi connectivity index (χ0v) is 11.0. The molecule has 16 heavy (non-hydrogen) atoms. The number of rotatable bonds is 5. The third kappa shape index (κ3) is 4.23. The van der Waals surface area contributed by atoms with Gasteiger partial charge in [-0.1, -0.05) is 0 Å². The Kier molecular flexibility index (Phi) is 4.35. The maximum atomic E-state index is 5.06. The molecule has 1 aromatic heterocycles. The van der Waals surface area contributed by atoms with Gasteiger partial charge in [-0.25, -0.2) is 4.98 Å². The second kappa shape index (κ2) is 5.34. The highest BCUT2D eigenvalue weighted by molar-refractivity contribution is 5.31. The van der Waals surface area contributed by atoms with Crippen LogP contribution in [-0.4, -0.2) is 28.8 Å². The van der Waals surface area contributed by atoms with Crippen molar-refractivity contribution in [3.63, 3.8) is 0 Å². The first-order valence-electron chi connectivity index (χ1n) is 5.73. The van der Waals surface area contributed by atoms with Gasteiger partial charge in [0.15, 0.2) is 0 Å². The monoisotopic (exact) mass is 225 g/mol. The summed E-state index contributed by atoms with van der Waals surface area (Å²) in [7, 11) is 1.73.